The van der Waals surface area contributed by atoms with E-state index in [2.05, 4.69) is 0 Å². The second-order valence-electron chi connectivity index (χ2n) is 5.18. The van der Waals surface area contributed by atoms with E-state index in [1.165, 1.54) is 0 Å². The number of carboxylic acids is 1. The summed E-state index contributed by atoms with van der Waals surface area (Å²) < 4.78 is 0. The molecule has 0 saturated heterocycles. The molecule has 0 bridgehead atoms. The number of amides is 1. The number of hydrogen-bond donors (Lipinski definition) is 2. The average Bonchev–Trinajstić information content (AvgIpc) is 3.00. The van der Waals surface area contributed by atoms with Gasteiger partial charge in [0.2, 0.25) is 5.91 Å². The topological polar surface area (TPSA) is 83.6 Å². The van der Waals surface area contributed by atoms with Crippen molar-refractivity contribution >= 4 is 11.9 Å². The Labute approximate surface area is 101 Å². The molecule has 2 atom stereocenters. The normalized spacial score (nSPS) is 28.1. The van der Waals surface area contributed by atoms with Gasteiger partial charge in [0.25, 0.3) is 0 Å². The number of aliphatic carboxylic acids is 1. The lowest BCUT2D eigenvalue weighted by atomic mass is 10.1. The zero-order valence-corrected chi connectivity index (χ0v) is 9.97. The maximum absolute atomic E-state index is 12.3. The molecule has 0 radical (unpaired) electrons. The van der Waals surface area contributed by atoms with Crippen LogP contribution in [0.1, 0.15) is 38.5 Å². The third-order valence-electron chi connectivity index (χ3n) is 3.66. The zero-order valence-electron chi connectivity index (χ0n) is 9.97. The maximum atomic E-state index is 12.3. The molecule has 2 aliphatic rings. The van der Waals surface area contributed by atoms with Gasteiger partial charge in [-0.25, -0.2) is 0 Å². The average molecular weight is 240 g/mol. The van der Waals surface area contributed by atoms with Gasteiger partial charge in [-0.1, -0.05) is 0 Å². The predicted molar refractivity (Wildman–Crippen MR) is 62.3 cm³/mol. The molecular weight excluding hydrogens is 220 g/mol. The molecule has 2 saturated carbocycles. The monoisotopic (exact) mass is 240 g/mol. The molecule has 0 aromatic carbocycles. The summed E-state index contributed by atoms with van der Waals surface area (Å²) in [6.07, 6.45) is 4.61. The van der Waals surface area contributed by atoms with Crippen LogP contribution in [0.2, 0.25) is 0 Å². The standard InChI is InChI=1S/C12H20N2O3/c13-9-2-1-8(7-9)12(17)14(10-3-4-10)6-5-11(15)16/h8-10H,1-7,13H2,(H,15,16). The third-order valence-corrected chi connectivity index (χ3v) is 3.66. The van der Waals surface area contributed by atoms with E-state index < -0.39 is 5.97 Å². The number of nitrogens with zero attached hydrogens (tertiary/aromatic N) is 1. The highest BCUT2D eigenvalue weighted by atomic mass is 16.4. The molecule has 2 fully saturated rings. The van der Waals surface area contributed by atoms with Crippen LogP contribution in [0.15, 0.2) is 0 Å². The summed E-state index contributed by atoms with van der Waals surface area (Å²) in [5, 5.41) is 8.70. The lowest BCUT2D eigenvalue weighted by molar-refractivity contribution is -0.140. The molecular formula is C12H20N2O3. The van der Waals surface area contributed by atoms with E-state index in [0.717, 1.165) is 32.1 Å². The Morgan fingerprint density at radius 1 is 1.24 bits per heavy atom. The fraction of sp³-hybridized carbons (Fsp3) is 0.833. The van der Waals surface area contributed by atoms with Crippen molar-refractivity contribution in [1.29, 1.82) is 0 Å². The highest BCUT2D eigenvalue weighted by Gasteiger charge is 2.37. The van der Waals surface area contributed by atoms with Crippen LogP contribution < -0.4 is 5.73 Å². The quantitative estimate of drug-likeness (QED) is 0.736. The summed E-state index contributed by atoms with van der Waals surface area (Å²) in [5.41, 5.74) is 5.81. The minimum atomic E-state index is -0.841. The number of nitrogens with two attached hydrogens (primary N) is 1. The first-order chi connectivity index (χ1) is 8.08. The molecule has 0 aromatic heterocycles. The Bertz CT molecular complexity index is 315. The molecule has 17 heavy (non-hydrogen) atoms. The summed E-state index contributed by atoms with van der Waals surface area (Å²) in [7, 11) is 0. The lowest BCUT2D eigenvalue weighted by Gasteiger charge is -2.25. The van der Waals surface area contributed by atoms with E-state index in [9.17, 15) is 9.59 Å². The van der Waals surface area contributed by atoms with Crippen molar-refractivity contribution in [1.82, 2.24) is 4.90 Å². The summed E-state index contributed by atoms with van der Waals surface area (Å²) >= 11 is 0. The second-order valence-corrected chi connectivity index (χ2v) is 5.18. The summed E-state index contributed by atoms with van der Waals surface area (Å²) in [6, 6.07) is 0.433. The Morgan fingerprint density at radius 3 is 2.41 bits per heavy atom. The van der Waals surface area contributed by atoms with Crippen LogP contribution in [-0.4, -0.2) is 40.5 Å². The SMILES string of the molecule is NC1CCC(C(=O)N(CCC(=O)O)C2CC2)C1. The van der Waals surface area contributed by atoms with E-state index in [4.69, 9.17) is 10.8 Å². The minimum Gasteiger partial charge on any atom is -0.481 e. The summed E-state index contributed by atoms with van der Waals surface area (Å²) in [6.45, 7) is 0.352. The van der Waals surface area contributed by atoms with Crippen LogP contribution in [-0.2, 0) is 9.59 Å². The fourth-order valence-electron chi connectivity index (χ4n) is 2.55. The lowest BCUT2D eigenvalue weighted by Crippen LogP contribution is -2.39. The molecule has 96 valence electrons. The van der Waals surface area contributed by atoms with Gasteiger partial charge in [-0.3, -0.25) is 9.59 Å². The van der Waals surface area contributed by atoms with Gasteiger partial charge in [0.05, 0.1) is 6.42 Å². The summed E-state index contributed by atoms with van der Waals surface area (Å²) in [4.78, 5) is 24.6. The number of hydrogen-bond acceptors (Lipinski definition) is 3. The highest BCUT2D eigenvalue weighted by molar-refractivity contribution is 5.80. The van der Waals surface area contributed by atoms with Crippen molar-refractivity contribution in [3.63, 3.8) is 0 Å². The first-order valence-electron chi connectivity index (χ1n) is 6.35. The van der Waals surface area contributed by atoms with Crippen LogP contribution >= 0.6 is 0 Å². The molecule has 0 aliphatic heterocycles. The van der Waals surface area contributed by atoms with Crippen molar-refractivity contribution < 1.29 is 14.7 Å². The first kappa shape index (κ1) is 12.4. The van der Waals surface area contributed by atoms with E-state index in [0.29, 0.717) is 12.6 Å². The molecule has 0 aromatic rings. The third kappa shape index (κ3) is 3.19. The van der Waals surface area contributed by atoms with Crippen LogP contribution in [0.3, 0.4) is 0 Å². The molecule has 0 spiro atoms. The smallest absolute Gasteiger partial charge is 0.305 e. The van der Waals surface area contributed by atoms with E-state index in [-0.39, 0.29) is 24.3 Å². The molecule has 5 nitrogen and oxygen atoms in total. The molecule has 0 heterocycles. The minimum absolute atomic E-state index is 0.0272. The van der Waals surface area contributed by atoms with Crippen molar-refractivity contribution in [3.8, 4) is 0 Å². The van der Waals surface area contributed by atoms with Gasteiger partial charge in [0, 0.05) is 24.5 Å². The van der Waals surface area contributed by atoms with Crippen molar-refractivity contribution in [2.45, 2.75) is 50.6 Å². The largest absolute Gasteiger partial charge is 0.481 e. The van der Waals surface area contributed by atoms with Gasteiger partial charge in [-0.2, -0.15) is 0 Å². The number of rotatable bonds is 5. The van der Waals surface area contributed by atoms with Crippen molar-refractivity contribution in [2.75, 3.05) is 6.54 Å². The van der Waals surface area contributed by atoms with Crippen LogP contribution in [0.4, 0.5) is 0 Å². The van der Waals surface area contributed by atoms with Crippen LogP contribution in [0, 0.1) is 5.92 Å². The first-order valence-corrected chi connectivity index (χ1v) is 6.35. The maximum Gasteiger partial charge on any atom is 0.305 e. The molecule has 3 N–H and O–H groups in total. The number of carbonyl (C=O) groups excluding carboxylic acids is 1. The van der Waals surface area contributed by atoms with Crippen molar-refractivity contribution in [3.05, 3.63) is 0 Å². The Hall–Kier alpha value is -1.10. The molecule has 2 rings (SSSR count). The molecule has 2 unspecified atom stereocenters. The van der Waals surface area contributed by atoms with Crippen molar-refractivity contribution in [2.24, 2.45) is 11.7 Å². The number of carboxylic acid groups (broad SMARTS) is 1. The fourth-order valence-corrected chi connectivity index (χ4v) is 2.55. The molecule has 2 aliphatic carbocycles. The molecule has 1 amide bonds. The van der Waals surface area contributed by atoms with Crippen LogP contribution in [0.25, 0.3) is 0 Å². The van der Waals surface area contributed by atoms with Gasteiger partial charge in [0.15, 0.2) is 0 Å². The zero-order chi connectivity index (χ0) is 12.4. The van der Waals surface area contributed by atoms with Gasteiger partial charge in [0.1, 0.15) is 0 Å². The highest BCUT2D eigenvalue weighted by Crippen LogP contribution is 2.32. The van der Waals surface area contributed by atoms with E-state index >= 15 is 0 Å². The number of carbonyl (C=O) groups is 2. The van der Waals surface area contributed by atoms with E-state index in [1.54, 1.807) is 4.90 Å². The second kappa shape index (κ2) is 5.04. The van der Waals surface area contributed by atoms with Gasteiger partial charge < -0.3 is 15.7 Å². The Balaban J connectivity index is 1.90. The Kier molecular flexibility index (Phi) is 3.66. The summed E-state index contributed by atoms with van der Waals surface area (Å²) in [5.74, 6) is -0.687. The predicted octanol–water partition coefficient (Wildman–Crippen LogP) is 0.579. The van der Waals surface area contributed by atoms with E-state index in [1.807, 2.05) is 0 Å². The van der Waals surface area contributed by atoms with Gasteiger partial charge in [-0.15, -0.1) is 0 Å². The molecule has 5 heteroatoms. The van der Waals surface area contributed by atoms with Gasteiger partial charge >= 0.3 is 5.97 Å². The Morgan fingerprint density at radius 2 is 1.94 bits per heavy atom. The van der Waals surface area contributed by atoms with Crippen LogP contribution in [0.5, 0.6) is 0 Å². The van der Waals surface area contributed by atoms with Gasteiger partial charge in [-0.05, 0) is 32.1 Å².